The molecule has 3 unspecified atom stereocenters. The SMILES string of the molecule is CNC(C#N)CSC1CCOC1C. The van der Waals surface area contributed by atoms with E-state index in [4.69, 9.17) is 10.00 Å². The van der Waals surface area contributed by atoms with Gasteiger partial charge in [-0.1, -0.05) is 0 Å². The van der Waals surface area contributed by atoms with Gasteiger partial charge in [-0.2, -0.15) is 17.0 Å². The van der Waals surface area contributed by atoms with Crippen molar-refractivity contribution in [2.24, 2.45) is 0 Å². The first-order valence-corrected chi connectivity index (χ1v) is 5.63. The van der Waals surface area contributed by atoms with E-state index in [0.717, 1.165) is 18.8 Å². The van der Waals surface area contributed by atoms with Crippen molar-refractivity contribution >= 4 is 11.8 Å². The Balaban J connectivity index is 2.22. The topological polar surface area (TPSA) is 45.0 Å². The molecule has 1 aliphatic rings. The molecule has 1 aliphatic heterocycles. The largest absolute Gasteiger partial charge is 0.377 e. The van der Waals surface area contributed by atoms with Crippen molar-refractivity contribution in [1.82, 2.24) is 5.32 Å². The van der Waals surface area contributed by atoms with Crippen molar-refractivity contribution in [2.75, 3.05) is 19.4 Å². The minimum Gasteiger partial charge on any atom is -0.377 e. The lowest BCUT2D eigenvalue weighted by Gasteiger charge is -2.15. The Hall–Kier alpha value is -0.240. The van der Waals surface area contributed by atoms with Gasteiger partial charge < -0.3 is 10.1 Å². The van der Waals surface area contributed by atoms with Crippen LogP contribution < -0.4 is 5.32 Å². The third-order valence-corrected chi connectivity index (χ3v) is 3.86. The predicted molar refractivity (Wildman–Crippen MR) is 54.7 cm³/mol. The van der Waals surface area contributed by atoms with Gasteiger partial charge in [0.1, 0.15) is 6.04 Å². The van der Waals surface area contributed by atoms with E-state index in [0.29, 0.717) is 11.4 Å². The molecule has 1 rings (SSSR count). The number of nitriles is 1. The lowest BCUT2D eigenvalue weighted by atomic mass is 10.3. The van der Waals surface area contributed by atoms with Crippen LogP contribution in [0.4, 0.5) is 0 Å². The van der Waals surface area contributed by atoms with E-state index in [9.17, 15) is 0 Å². The maximum absolute atomic E-state index is 8.71. The molecular weight excluding hydrogens is 184 g/mol. The number of rotatable bonds is 4. The summed E-state index contributed by atoms with van der Waals surface area (Å²) in [6.07, 6.45) is 1.47. The van der Waals surface area contributed by atoms with E-state index in [1.807, 2.05) is 18.8 Å². The molecule has 0 bridgehead atoms. The zero-order valence-electron chi connectivity index (χ0n) is 8.12. The van der Waals surface area contributed by atoms with Gasteiger partial charge in [-0.05, 0) is 20.4 Å². The summed E-state index contributed by atoms with van der Waals surface area (Å²) < 4.78 is 5.44. The molecule has 0 radical (unpaired) electrons. The van der Waals surface area contributed by atoms with Gasteiger partial charge >= 0.3 is 0 Å². The molecule has 1 heterocycles. The molecule has 1 saturated heterocycles. The molecule has 4 heteroatoms. The van der Waals surface area contributed by atoms with Gasteiger partial charge in [0.25, 0.3) is 0 Å². The van der Waals surface area contributed by atoms with E-state index in [1.165, 1.54) is 0 Å². The number of nitrogens with zero attached hydrogens (tertiary/aromatic N) is 1. The third kappa shape index (κ3) is 3.18. The number of hydrogen-bond acceptors (Lipinski definition) is 4. The van der Waals surface area contributed by atoms with Crippen LogP contribution in [0.2, 0.25) is 0 Å². The lowest BCUT2D eigenvalue weighted by molar-refractivity contribution is 0.127. The minimum absolute atomic E-state index is 0.0298. The second kappa shape index (κ2) is 5.48. The van der Waals surface area contributed by atoms with Gasteiger partial charge in [0.2, 0.25) is 0 Å². The Morgan fingerprint density at radius 2 is 2.54 bits per heavy atom. The van der Waals surface area contributed by atoms with E-state index in [1.54, 1.807) is 0 Å². The van der Waals surface area contributed by atoms with Crippen LogP contribution in [0.5, 0.6) is 0 Å². The molecule has 3 atom stereocenters. The fraction of sp³-hybridized carbons (Fsp3) is 0.889. The summed E-state index contributed by atoms with van der Waals surface area (Å²) in [5.41, 5.74) is 0. The van der Waals surface area contributed by atoms with Gasteiger partial charge in [-0.15, -0.1) is 0 Å². The molecule has 0 aromatic rings. The second-order valence-corrected chi connectivity index (χ2v) is 4.48. The highest BCUT2D eigenvalue weighted by atomic mass is 32.2. The molecule has 0 aromatic heterocycles. The average Bonchev–Trinajstić information content (AvgIpc) is 2.54. The summed E-state index contributed by atoms with van der Waals surface area (Å²) in [6.45, 7) is 2.97. The highest BCUT2D eigenvalue weighted by molar-refractivity contribution is 8.00. The summed E-state index contributed by atoms with van der Waals surface area (Å²) in [6, 6.07) is 2.19. The smallest absolute Gasteiger partial charge is 0.104 e. The quantitative estimate of drug-likeness (QED) is 0.735. The van der Waals surface area contributed by atoms with E-state index in [-0.39, 0.29) is 6.04 Å². The summed E-state index contributed by atoms with van der Waals surface area (Å²) in [4.78, 5) is 0. The lowest BCUT2D eigenvalue weighted by Crippen LogP contribution is -2.27. The number of thioether (sulfide) groups is 1. The molecule has 0 spiro atoms. The molecule has 1 fully saturated rings. The van der Waals surface area contributed by atoms with Gasteiger partial charge in [0.05, 0.1) is 12.2 Å². The molecule has 1 N–H and O–H groups in total. The van der Waals surface area contributed by atoms with Crippen molar-refractivity contribution < 1.29 is 4.74 Å². The van der Waals surface area contributed by atoms with Gasteiger partial charge in [0, 0.05) is 17.6 Å². The van der Waals surface area contributed by atoms with Crippen LogP contribution in [-0.2, 0) is 4.74 Å². The average molecular weight is 200 g/mol. The Morgan fingerprint density at radius 1 is 1.77 bits per heavy atom. The van der Waals surface area contributed by atoms with Crippen LogP contribution in [0.25, 0.3) is 0 Å². The minimum atomic E-state index is -0.0298. The van der Waals surface area contributed by atoms with Crippen molar-refractivity contribution in [1.29, 1.82) is 5.26 Å². The summed E-state index contributed by atoms with van der Waals surface area (Å²) in [7, 11) is 1.82. The molecule has 3 nitrogen and oxygen atoms in total. The number of hydrogen-bond donors (Lipinski definition) is 1. The van der Waals surface area contributed by atoms with Crippen LogP contribution >= 0.6 is 11.8 Å². The maximum Gasteiger partial charge on any atom is 0.104 e. The standard InChI is InChI=1S/C9H16N2OS/c1-7-9(3-4-12-7)13-6-8(5-10)11-2/h7-9,11H,3-4,6H2,1-2H3. The van der Waals surface area contributed by atoms with Crippen LogP contribution in [0, 0.1) is 11.3 Å². The van der Waals surface area contributed by atoms with E-state index >= 15 is 0 Å². The molecule has 0 saturated carbocycles. The van der Waals surface area contributed by atoms with Crippen molar-refractivity contribution in [2.45, 2.75) is 30.7 Å². The predicted octanol–water partition coefficient (Wildman–Crippen LogP) is 1.01. The summed E-state index contributed by atoms with van der Waals surface area (Å²) in [5.74, 6) is 0.853. The number of nitrogens with one attached hydrogen (secondary N) is 1. The number of ether oxygens (including phenoxy) is 1. The molecular formula is C9H16N2OS. The fourth-order valence-corrected chi connectivity index (χ4v) is 2.63. The van der Waals surface area contributed by atoms with Crippen LogP contribution in [0.15, 0.2) is 0 Å². The monoisotopic (exact) mass is 200 g/mol. The fourth-order valence-electron chi connectivity index (χ4n) is 1.34. The first-order chi connectivity index (χ1) is 6.27. The summed E-state index contributed by atoms with van der Waals surface area (Å²) in [5, 5.41) is 12.2. The Kier molecular flexibility index (Phi) is 4.57. The van der Waals surface area contributed by atoms with Crippen LogP contribution in [-0.4, -0.2) is 36.8 Å². The molecule has 0 aliphatic carbocycles. The zero-order valence-corrected chi connectivity index (χ0v) is 8.93. The first kappa shape index (κ1) is 10.8. The van der Waals surface area contributed by atoms with Gasteiger partial charge in [-0.3, -0.25) is 0 Å². The van der Waals surface area contributed by atoms with E-state index < -0.39 is 0 Å². The Bertz CT molecular complexity index is 193. The second-order valence-electron chi connectivity index (χ2n) is 3.21. The van der Waals surface area contributed by atoms with Crippen molar-refractivity contribution in [3.63, 3.8) is 0 Å². The molecule has 0 amide bonds. The van der Waals surface area contributed by atoms with Crippen molar-refractivity contribution in [3.8, 4) is 6.07 Å². The molecule has 0 aromatic carbocycles. The first-order valence-electron chi connectivity index (χ1n) is 4.58. The maximum atomic E-state index is 8.71. The van der Waals surface area contributed by atoms with Crippen LogP contribution in [0.1, 0.15) is 13.3 Å². The highest BCUT2D eigenvalue weighted by Crippen LogP contribution is 2.26. The Labute approximate surface area is 83.8 Å². The van der Waals surface area contributed by atoms with Crippen LogP contribution in [0.3, 0.4) is 0 Å². The third-order valence-electron chi connectivity index (χ3n) is 2.29. The molecule has 13 heavy (non-hydrogen) atoms. The van der Waals surface area contributed by atoms with Crippen molar-refractivity contribution in [3.05, 3.63) is 0 Å². The van der Waals surface area contributed by atoms with Gasteiger partial charge in [-0.25, -0.2) is 0 Å². The zero-order chi connectivity index (χ0) is 9.68. The normalized spacial score (nSPS) is 29.9. The molecule has 74 valence electrons. The highest BCUT2D eigenvalue weighted by Gasteiger charge is 2.25. The van der Waals surface area contributed by atoms with E-state index in [2.05, 4.69) is 18.3 Å². The van der Waals surface area contributed by atoms with Gasteiger partial charge in [0.15, 0.2) is 0 Å². The Morgan fingerprint density at radius 3 is 3.00 bits per heavy atom. The summed E-state index contributed by atoms with van der Waals surface area (Å²) >= 11 is 1.84.